The minimum absolute atomic E-state index is 0.0516. The van der Waals surface area contributed by atoms with Crippen LogP contribution in [0.5, 0.6) is 0 Å². The number of rotatable bonds is 11. The molecule has 2 N–H and O–H groups in total. The lowest BCUT2D eigenvalue weighted by Crippen LogP contribution is -2.34. The number of fused-ring (bicyclic) bond motifs is 1. The van der Waals surface area contributed by atoms with Gasteiger partial charge in [-0.1, -0.05) is 30.3 Å². The Hall–Kier alpha value is -5.71. The molecule has 2 amide bonds. The van der Waals surface area contributed by atoms with Gasteiger partial charge >= 0.3 is 5.97 Å². The average molecular weight is 604 g/mol. The number of nitrogens with two attached hydrogens (primary N) is 1. The number of pyridine rings is 2. The van der Waals surface area contributed by atoms with E-state index in [1.54, 1.807) is 61.8 Å². The van der Waals surface area contributed by atoms with Crippen LogP contribution in [0.2, 0.25) is 0 Å². The summed E-state index contributed by atoms with van der Waals surface area (Å²) in [5, 5.41) is 0. The Morgan fingerprint density at radius 2 is 1.73 bits per heavy atom. The number of benzene rings is 2. The van der Waals surface area contributed by atoms with Gasteiger partial charge in [-0.3, -0.25) is 24.3 Å². The highest BCUT2D eigenvalue weighted by Gasteiger charge is 2.21. The molecule has 0 atom stereocenters. The van der Waals surface area contributed by atoms with Crippen LogP contribution in [0.15, 0.2) is 96.4 Å². The molecular formula is C34H33N7O4. The second-order valence-electron chi connectivity index (χ2n) is 10.2. The summed E-state index contributed by atoms with van der Waals surface area (Å²) in [4.78, 5) is 56.6. The molecule has 45 heavy (non-hydrogen) atoms. The molecule has 11 heteroatoms. The fourth-order valence-corrected chi connectivity index (χ4v) is 4.86. The quantitative estimate of drug-likeness (QED) is 0.134. The molecule has 3 heterocycles. The standard InChI is InChI=1S/C34H33N7O4/c1-3-45-31(42)17-20-41(29-8-4-5-19-37-29)34(44)25-14-15-28-27(21-25)38-30(40(28)2)16-11-23-9-12-24(13-10-23)32(35)39-33(43)26-7-6-18-36-22-26/h4-10,12-15,18-19,21-22H,3,11,16-17,20H2,1-2H3,(H2,35,39,43). The molecule has 0 unspecified atom stereocenters. The zero-order valence-electron chi connectivity index (χ0n) is 25.1. The Labute approximate surface area is 260 Å². The summed E-state index contributed by atoms with van der Waals surface area (Å²) in [6, 6.07) is 21.6. The van der Waals surface area contributed by atoms with Gasteiger partial charge in [0.1, 0.15) is 17.5 Å². The minimum Gasteiger partial charge on any atom is -0.466 e. The molecule has 0 bridgehead atoms. The number of aromatic nitrogens is 4. The lowest BCUT2D eigenvalue weighted by atomic mass is 10.1. The predicted molar refractivity (Wildman–Crippen MR) is 171 cm³/mol. The lowest BCUT2D eigenvalue weighted by molar-refractivity contribution is -0.142. The zero-order chi connectivity index (χ0) is 31.8. The van der Waals surface area contributed by atoms with Crippen molar-refractivity contribution in [3.63, 3.8) is 0 Å². The Morgan fingerprint density at radius 3 is 2.44 bits per heavy atom. The van der Waals surface area contributed by atoms with Crippen molar-refractivity contribution in [1.29, 1.82) is 0 Å². The van der Waals surface area contributed by atoms with Gasteiger partial charge in [0.25, 0.3) is 11.8 Å². The van der Waals surface area contributed by atoms with E-state index in [2.05, 4.69) is 15.0 Å². The summed E-state index contributed by atoms with van der Waals surface area (Å²) in [6.07, 6.45) is 6.08. The van der Waals surface area contributed by atoms with Crippen molar-refractivity contribution in [3.05, 3.63) is 119 Å². The van der Waals surface area contributed by atoms with Crippen LogP contribution in [-0.2, 0) is 29.4 Å². The van der Waals surface area contributed by atoms with Crippen molar-refractivity contribution in [2.24, 2.45) is 17.8 Å². The van der Waals surface area contributed by atoms with E-state index in [1.807, 2.05) is 41.9 Å². The van der Waals surface area contributed by atoms with E-state index in [1.165, 1.54) is 11.1 Å². The van der Waals surface area contributed by atoms with E-state index in [0.29, 0.717) is 34.4 Å². The highest BCUT2D eigenvalue weighted by atomic mass is 16.5. The fourth-order valence-electron chi connectivity index (χ4n) is 4.86. The van der Waals surface area contributed by atoms with Gasteiger partial charge in [-0.05, 0) is 61.4 Å². The summed E-state index contributed by atoms with van der Waals surface area (Å²) >= 11 is 0. The number of hydrogen-bond acceptors (Lipinski definition) is 7. The molecule has 5 rings (SSSR count). The lowest BCUT2D eigenvalue weighted by Gasteiger charge is -2.21. The molecule has 2 aromatic carbocycles. The molecular weight excluding hydrogens is 570 g/mol. The molecule has 0 fully saturated rings. The smallest absolute Gasteiger partial charge is 0.307 e. The van der Waals surface area contributed by atoms with Crippen molar-refractivity contribution in [2.75, 3.05) is 18.1 Å². The van der Waals surface area contributed by atoms with Gasteiger partial charge in [-0.15, -0.1) is 0 Å². The molecule has 0 aliphatic carbocycles. The SMILES string of the molecule is CCOC(=O)CCN(C(=O)c1ccc2c(c1)nc(CCc1ccc(C(N)=NC(=O)c3cccnc3)cc1)n2C)c1ccccn1. The summed E-state index contributed by atoms with van der Waals surface area (Å²) in [5.74, 6) is 0.352. The number of esters is 1. The van der Waals surface area contributed by atoms with E-state index in [4.69, 9.17) is 15.5 Å². The molecule has 0 aliphatic heterocycles. The number of hydrogen-bond donors (Lipinski definition) is 1. The second kappa shape index (κ2) is 14.2. The van der Waals surface area contributed by atoms with Crippen molar-refractivity contribution in [1.82, 2.24) is 19.5 Å². The summed E-state index contributed by atoms with van der Waals surface area (Å²) in [7, 11) is 1.95. The van der Waals surface area contributed by atoms with Crippen LogP contribution < -0.4 is 10.6 Å². The molecule has 0 saturated carbocycles. The Morgan fingerprint density at radius 1 is 0.933 bits per heavy atom. The maximum atomic E-state index is 13.6. The largest absolute Gasteiger partial charge is 0.466 e. The van der Waals surface area contributed by atoms with Gasteiger partial charge in [-0.25, -0.2) is 9.97 Å². The monoisotopic (exact) mass is 603 g/mol. The molecule has 0 saturated heterocycles. The number of imidazole rings is 1. The van der Waals surface area contributed by atoms with Crippen molar-refractivity contribution in [2.45, 2.75) is 26.2 Å². The van der Waals surface area contributed by atoms with Gasteiger partial charge < -0.3 is 15.0 Å². The zero-order valence-corrected chi connectivity index (χ0v) is 25.1. The van der Waals surface area contributed by atoms with E-state index in [9.17, 15) is 14.4 Å². The summed E-state index contributed by atoms with van der Waals surface area (Å²) in [5.41, 5.74) is 10.2. The number of amides is 2. The number of carbonyl (C=O) groups excluding carboxylic acids is 3. The normalized spacial score (nSPS) is 11.4. The van der Waals surface area contributed by atoms with Gasteiger partial charge in [0.05, 0.1) is 29.6 Å². The van der Waals surface area contributed by atoms with Crippen LogP contribution in [0.3, 0.4) is 0 Å². The highest BCUT2D eigenvalue weighted by Crippen LogP contribution is 2.21. The first kappa shape index (κ1) is 30.7. The van der Waals surface area contributed by atoms with Crippen LogP contribution in [0.25, 0.3) is 11.0 Å². The molecule has 228 valence electrons. The molecule has 5 aromatic rings. The van der Waals surface area contributed by atoms with Crippen molar-refractivity contribution in [3.8, 4) is 0 Å². The Balaban J connectivity index is 1.28. The van der Waals surface area contributed by atoms with E-state index in [-0.39, 0.29) is 37.3 Å². The number of aryl methyl sites for hydroxylation is 3. The van der Waals surface area contributed by atoms with Crippen LogP contribution in [-0.4, -0.2) is 56.3 Å². The second-order valence-corrected chi connectivity index (χ2v) is 10.2. The highest BCUT2D eigenvalue weighted by molar-refractivity contribution is 6.09. The topological polar surface area (TPSA) is 146 Å². The van der Waals surface area contributed by atoms with E-state index in [0.717, 1.165) is 23.3 Å². The number of aliphatic imine (C=N–C) groups is 1. The number of nitrogens with zero attached hydrogens (tertiary/aromatic N) is 6. The Kier molecular flexibility index (Phi) is 9.68. The minimum atomic E-state index is -0.447. The summed E-state index contributed by atoms with van der Waals surface area (Å²) in [6.45, 7) is 2.16. The average Bonchev–Trinajstić information content (AvgIpc) is 3.39. The number of amidine groups is 1. The van der Waals surface area contributed by atoms with Gasteiger partial charge in [-0.2, -0.15) is 4.99 Å². The van der Waals surface area contributed by atoms with E-state index < -0.39 is 5.91 Å². The summed E-state index contributed by atoms with van der Waals surface area (Å²) < 4.78 is 7.07. The Bertz CT molecular complexity index is 1840. The molecule has 11 nitrogen and oxygen atoms in total. The van der Waals surface area contributed by atoms with Gasteiger partial charge in [0.15, 0.2) is 0 Å². The van der Waals surface area contributed by atoms with Crippen LogP contribution in [0.1, 0.15) is 51.0 Å². The number of carbonyl (C=O) groups is 3. The van der Waals surface area contributed by atoms with E-state index >= 15 is 0 Å². The van der Waals surface area contributed by atoms with Crippen LogP contribution in [0.4, 0.5) is 5.82 Å². The number of ether oxygens (including phenoxy) is 1. The maximum Gasteiger partial charge on any atom is 0.307 e. The third-order valence-corrected chi connectivity index (χ3v) is 7.25. The predicted octanol–water partition coefficient (Wildman–Crippen LogP) is 4.29. The molecule has 0 spiro atoms. The van der Waals surface area contributed by atoms with Gasteiger partial charge in [0, 0.05) is 49.7 Å². The van der Waals surface area contributed by atoms with Gasteiger partial charge in [0.2, 0.25) is 0 Å². The molecule has 0 aliphatic rings. The molecule has 3 aromatic heterocycles. The van der Waals surface area contributed by atoms with Crippen LogP contribution >= 0.6 is 0 Å². The molecule has 0 radical (unpaired) electrons. The third kappa shape index (κ3) is 7.45. The van der Waals surface area contributed by atoms with Crippen LogP contribution in [0, 0.1) is 0 Å². The first-order valence-corrected chi connectivity index (χ1v) is 14.6. The van der Waals surface area contributed by atoms with Crippen molar-refractivity contribution < 1.29 is 19.1 Å². The first-order chi connectivity index (χ1) is 21.8. The third-order valence-electron chi connectivity index (χ3n) is 7.25. The maximum absolute atomic E-state index is 13.6. The first-order valence-electron chi connectivity index (χ1n) is 14.6. The number of anilines is 1. The van der Waals surface area contributed by atoms with Crippen molar-refractivity contribution >= 4 is 40.5 Å². The fraction of sp³-hybridized carbons (Fsp3) is 0.206.